The van der Waals surface area contributed by atoms with E-state index in [9.17, 15) is 4.79 Å². The van der Waals surface area contributed by atoms with Gasteiger partial charge in [0.15, 0.2) is 5.78 Å². The SMILES string of the molecule is O=C(CCc1cccc2cnccc12)c1ccccc1. The number of fused-ring (bicyclic) bond motifs is 1. The molecule has 0 N–H and O–H groups in total. The zero-order valence-electron chi connectivity index (χ0n) is 11.1. The Balaban J connectivity index is 1.79. The van der Waals surface area contributed by atoms with Crippen molar-refractivity contribution in [2.75, 3.05) is 0 Å². The van der Waals surface area contributed by atoms with Crippen LogP contribution in [0.4, 0.5) is 0 Å². The second-order valence-electron chi connectivity index (χ2n) is 4.80. The Bertz CT molecular complexity index is 729. The monoisotopic (exact) mass is 261 g/mol. The van der Waals surface area contributed by atoms with E-state index in [0.29, 0.717) is 6.42 Å². The average Bonchev–Trinajstić information content (AvgIpc) is 2.53. The summed E-state index contributed by atoms with van der Waals surface area (Å²) in [6.07, 6.45) is 4.95. The third-order valence-electron chi connectivity index (χ3n) is 3.49. The molecule has 0 unspecified atom stereocenters. The molecule has 0 atom stereocenters. The molecule has 0 aliphatic rings. The largest absolute Gasteiger partial charge is 0.294 e. The van der Waals surface area contributed by atoms with E-state index in [2.05, 4.69) is 11.1 Å². The summed E-state index contributed by atoms with van der Waals surface area (Å²) in [6.45, 7) is 0. The molecule has 98 valence electrons. The standard InChI is InChI=1S/C18H15NO/c20-18(15-5-2-1-3-6-15)10-9-14-7-4-8-16-13-19-12-11-17(14)16/h1-8,11-13H,9-10H2. The number of ketones is 1. The number of hydrogen-bond donors (Lipinski definition) is 0. The number of pyridine rings is 1. The summed E-state index contributed by atoms with van der Waals surface area (Å²) in [6, 6.07) is 17.6. The molecule has 0 saturated carbocycles. The van der Waals surface area contributed by atoms with Gasteiger partial charge in [-0.25, -0.2) is 0 Å². The van der Waals surface area contributed by atoms with Crippen molar-refractivity contribution in [1.29, 1.82) is 0 Å². The van der Waals surface area contributed by atoms with Crippen LogP contribution in [0.3, 0.4) is 0 Å². The Hall–Kier alpha value is -2.48. The van der Waals surface area contributed by atoms with Crippen LogP contribution in [-0.4, -0.2) is 10.8 Å². The topological polar surface area (TPSA) is 30.0 Å². The van der Waals surface area contributed by atoms with Crippen molar-refractivity contribution >= 4 is 16.6 Å². The lowest BCUT2D eigenvalue weighted by Crippen LogP contribution is -2.01. The third kappa shape index (κ3) is 2.59. The number of rotatable bonds is 4. The van der Waals surface area contributed by atoms with E-state index in [0.717, 1.165) is 17.4 Å². The lowest BCUT2D eigenvalue weighted by Gasteiger charge is -2.06. The number of Topliss-reactive ketones (excluding diaryl/α,β-unsaturated/α-hetero) is 1. The first kappa shape index (κ1) is 12.5. The van der Waals surface area contributed by atoms with E-state index in [4.69, 9.17) is 0 Å². The van der Waals surface area contributed by atoms with Gasteiger partial charge < -0.3 is 0 Å². The van der Waals surface area contributed by atoms with E-state index < -0.39 is 0 Å². The van der Waals surface area contributed by atoms with Crippen molar-refractivity contribution < 1.29 is 4.79 Å². The molecule has 0 spiro atoms. The van der Waals surface area contributed by atoms with Crippen molar-refractivity contribution in [3.63, 3.8) is 0 Å². The molecule has 0 radical (unpaired) electrons. The van der Waals surface area contributed by atoms with Gasteiger partial charge in [-0.3, -0.25) is 9.78 Å². The molecule has 2 heteroatoms. The summed E-state index contributed by atoms with van der Waals surface area (Å²) < 4.78 is 0. The van der Waals surface area contributed by atoms with Crippen LogP contribution < -0.4 is 0 Å². The van der Waals surface area contributed by atoms with Gasteiger partial charge in [0.25, 0.3) is 0 Å². The molecular formula is C18H15NO. The van der Waals surface area contributed by atoms with Crippen LogP contribution in [0.15, 0.2) is 67.0 Å². The molecule has 0 fully saturated rings. The fourth-order valence-corrected chi connectivity index (χ4v) is 2.42. The Morgan fingerprint density at radius 1 is 0.950 bits per heavy atom. The quantitative estimate of drug-likeness (QED) is 0.663. The number of aromatic nitrogens is 1. The number of hydrogen-bond acceptors (Lipinski definition) is 2. The molecule has 0 saturated heterocycles. The number of benzene rings is 2. The molecule has 0 aliphatic carbocycles. The molecule has 3 rings (SSSR count). The normalized spacial score (nSPS) is 10.6. The Kier molecular flexibility index (Phi) is 3.55. The van der Waals surface area contributed by atoms with Gasteiger partial charge in [0.1, 0.15) is 0 Å². The highest BCUT2D eigenvalue weighted by Gasteiger charge is 2.07. The predicted octanol–water partition coefficient (Wildman–Crippen LogP) is 4.05. The van der Waals surface area contributed by atoms with Crippen molar-refractivity contribution in [3.05, 3.63) is 78.1 Å². The van der Waals surface area contributed by atoms with Crippen molar-refractivity contribution in [2.24, 2.45) is 0 Å². The molecule has 20 heavy (non-hydrogen) atoms. The first-order chi connectivity index (χ1) is 9.84. The fraction of sp³-hybridized carbons (Fsp3) is 0.111. The van der Waals surface area contributed by atoms with Gasteiger partial charge in [-0.2, -0.15) is 0 Å². The minimum Gasteiger partial charge on any atom is -0.294 e. The van der Waals surface area contributed by atoms with Gasteiger partial charge in [-0.15, -0.1) is 0 Å². The smallest absolute Gasteiger partial charge is 0.163 e. The Labute approximate surface area is 118 Å². The number of carbonyl (C=O) groups excluding carboxylic acids is 1. The van der Waals surface area contributed by atoms with Crippen LogP contribution in [0.2, 0.25) is 0 Å². The maximum atomic E-state index is 12.1. The number of carbonyl (C=O) groups is 1. The van der Waals surface area contributed by atoms with Gasteiger partial charge in [0.05, 0.1) is 0 Å². The summed E-state index contributed by atoms with van der Waals surface area (Å²) in [5.41, 5.74) is 1.99. The fourth-order valence-electron chi connectivity index (χ4n) is 2.42. The maximum absolute atomic E-state index is 12.1. The predicted molar refractivity (Wildman–Crippen MR) is 80.8 cm³/mol. The molecule has 2 aromatic carbocycles. The Morgan fingerprint density at radius 2 is 1.80 bits per heavy atom. The first-order valence-electron chi connectivity index (χ1n) is 6.74. The summed E-state index contributed by atoms with van der Waals surface area (Å²) in [4.78, 5) is 16.3. The van der Waals surface area contributed by atoms with E-state index in [-0.39, 0.29) is 5.78 Å². The Morgan fingerprint density at radius 3 is 2.65 bits per heavy atom. The van der Waals surface area contributed by atoms with Crippen LogP contribution >= 0.6 is 0 Å². The molecular weight excluding hydrogens is 246 g/mol. The summed E-state index contributed by atoms with van der Waals surface area (Å²) >= 11 is 0. The number of nitrogens with zero attached hydrogens (tertiary/aromatic N) is 1. The molecule has 2 nitrogen and oxygen atoms in total. The summed E-state index contributed by atoms with van der Waals surface area (Å²) in [5.74, 6) is 0.191. The van der Waals surface area contributed by atoms with Gasteiger partial charge in [0, 0.05) is 29.8 Å². The van der Waals surface area contributed by atoms with E-state index in [1.807, 2.05) is 54.7 Å². The second kappa shape index (κ2) is 5.66. The third-order valence-corrected chi connectivity index (χ3v) is 3.49. The highest BCUT2D eigenvalue weighted by molar-refractivity contribution is 5.96. The molecule has 1 heterocycles. The lowest BCUT2D eigenvalue weighted by molar-refractivity contribution is 0.0983. The molecule has 1 aromatic heterocycles. The summed E-state index contributed by atoms with van der Waals surface area (Å²) in [5, 5.41) is 2.31. The molecule has 0 bridgehead atoms. The molecule has 0 aliphatic heterocycles. The highest BCUT2D eigenvalue weighted by atomic mass is 16.1. The van der Waals surface area contributed by atoms with E-state index >= 15 is 0 Å². The lowest BCUT2D eigenvalue weighted by atomic mass is 9.99. The van der Waals surface area contributed by atoms with Crippen LogP contribution in [0.1, 0.15) is 22.3 Å². The maximum Gasteiger partial charge on any atom is 0.163 e. The van der Waals surface area contributed by atoms with Crippen molar-refractivity contribution in [3.8, 4) is 0 Å². The number of aryl methyl sites for hydroxylation is 1. The van der Waals surface area contributed by atoms with Crippen molar-refractivity contribution in [2.45, 2.75) is 12.8 Å². The van der Waals surface area contributed by atoms with Crippen LogP contribution in [0.5, 0.6) is 0 Å². The summed E-state index contributed by atoms with van der Waals surface area (Å²) in [7, 11) is 0. The zero-order valence-corrected chi connectivity index (χ0v) is 11.1. The zero-order chi connectivity index (χ0) is 13.8. The minimum atomic E-state index is 0.191. The van der Waals surface area contributed by atoms with Crippen LogP contribution in [-0.2, 0) is 6.42 Å². The minimum absolute atomic E-state index is 0.191. The molecule has 3 aromatic rings. The van der Waals surface area contributed by atoms with Gasteiger partial charge in [-0.05, 0) is 23.4 Å². The van der Waals surface area contributed by atoms with Crippen LogP contribution in [0.25, 0.3) is 10.8 Å². The van der Waals surface area contributed by atoms with Gasteiger partial charge in [0.2, 0.25) is 0 Å². The first-order valence-corrected chi connectivity index (χ1v) is 6.74. The van der Waals surface area contributed by atoms with E-state index in [1.165, 1.54) is 10.9 Å². The van der Waals surface area contributed by atoms with Gasteiger partial charge >= 0.3 is 0 Å². The van der Waals surface area contributed by atoms with E-state index in [1.54, 1.807) is 6.20 Å². The molecule has 0 amide bonds. The van der Waals surface area contributed by atoms with Crippen LogP contribution in [0, 0.1) is 0 Å². The van der Waals surface area contributed by atoms with Crippen molar-refractivity contribution in [1.82, 2.24) is 4.98 Å². The highest BCUT2D eigenvalue weighted by Crippen LogP contribution is 2.19. The average molecular weight is 261 g/mol. The second-order valence-corrected chi connectivity index (χ2v) is 4.80. The van der Waals surface area contributed by atoms with Gasteiger partial charge in [-0.1, -0.05) is 48.5 Å².